The molecule has 20 heavy (non-hydrogen) atoms. The maximum atomic E-state index is 11.7. The lowest BCUT2D eigenvalue weighted by Gasteiger charge is -1.99. The van der Waals surface area contributed by atoms with E-state index in [0.717, 1.165) is 24.1 Å². The second-order valence-corrected chi connectivity index (χ2v) is 4.89. The standard InChI is InChI=1S/C14H12N4O2/c19-13(9-4-5-9)16-14-15-12-3-1-2-11(18(12)17-14)10-6-7-20-8-10/h1-3,6-9H,4-5H2,(H,16,17,19). The summed E-state index contributed by atoms with van der Waals surface area (Å²) >= 11 is 0. The van der Waals surface area contributed by atoms with Crippen molar-refractivity contribution in [1.29, 1.82) is 0 Å². The molecule has 0 aliphatic heterocycles. The molecule has 0 radical (unpaired) electrons. The van der Waals surface area contributed by atoms with Gasteiger partial charge in [0.1, 0.15) is 0 Å². The first-order chi connectivity index (χ1) is 9.81. The third-order valence-corrected chi connectivity index (χ3v) is 3.36. The van der Waals surface area contributed by atoms with Gasteiger partial charge in [0.2, 0.25) is 11.9 Å². The van der Waals surface area contributed by atoms with Gasteiger partial charge in [0, 0.05) is 11.5 Å². The Bertz CT molecular complexity index is 772. The summed E-state index contributed by atoms with van der Waals surface area (Å²) in [5.74, 6) is 0.485. The first-order valence-electron chi connectivity index (χ1n) is 6.50. The highest BCUT2D eigenvalue weighted by molar-refractivity contribution is 5.92. The van der Waals surface area contributed by atoms with Gasteiger partial charge in [-0.1, -0.05) is 6.07 Å². The Morgan fingerprint density at radius 2 is 2.25 bits per heavy atom. The highest BCUT2D eigenvalue weighted by Gasteiger charge is 2.30. The molecule has 0 atom stereocenters. The average Bonchev–Trinajstić information content (AvgIpc) is 3.00. The molecule has 6 nitrogen and oxygen atoms in total. The minimum Gasteiger partial charge on any atom is -0.472 e. The molecular formula is C14H12N4O2. The molecule has 1 saturated carbocycles. The summed E-state index contributed by atoms with van der Waals surface area (Å²) in [6, 6.07) is 7.54. The number of nitrogens with zero attached hydrogens (tertiary/aromatic N) is 3. The van der Waals surface area contributed by atoms with Gasteiger partial charge in [-0.05, 0) is 31.0 Å². The van der Waals surface area contributed by atoms with Gasteiger partial charge in [0.15, 0.2) is 5.65 Å². The van der Waals surface area contributed by atoms with Crippen LogP contribution in [0.4, 0.5) is 5.95 Å². The van der Waals surface area contributed by atoms with E-state index in [0.29, 0.717) is 11.6 Å². The quantitative estimate of drug-likeness (QED) is 0.791. The van der Waals surface area contributed by atoms with Crippen LogP contribution in [0.5, 0.6) is 0 Å². The molecule has 3 aromatic rings. The molecule has 0 unspecified atom stereocenters. The van der Waals surface area contributed by atoms with Crippen molar-refractivity contribution in [1.82, 2.24) is 14.6 Å². The van der Waals surface area contributed by atoms with E-state index in [1.807, 2.05) is 24.3 Å². The molecule has 6 heteroatoms. The Balaban J connectivity index is 1.75. The van der Waals surface area contributed by atoms with Gasteiger partial charge in [-0.2, -0.15) is 4.98 Å². The van der Waals surface area contributed by atoms with Gasteiger partial charge in [-0.15, -0.1) is 5.10 Å². The monoisotopic (exact) mass is 268 g/mol. The third kappa shape index (κ3) is 1.85. The van der Waals surface area contributed by atoms with E-state index >= 15 is 0 Å². The van der Waals surface area contributed by atoms with E-state index in [9.17, 15) is 4.79 Å². The lowest BCUT2D eigenvalue weighted by Crippen LogP contribution is -2.14. The van der Waals surface area contributed by atoms with Crippen molar-refractivity contribution in [3.8, 4) is 11.3 Å². The molecular weight excluding hydrogens is 256 g/mol. The number of carbonyl (C=O) groups excluding carboxylic acids is 1. The number of anilines is 1. The van der Waals surface area contributed by atoms with Gasteiger partial charge in [0.05, 0.1) is 18.2 Å². The number of rotatable bonds is 3. The topological polar surface area (TPSA) is 72.4 Å². The summed E-state index contributed by atoms with van der Waals surface area (Å²) in [6.45, 7) is 0. The largest absolute Gasteiger partial charge is 0.472 e. The number of pyridine rings is 1. The molecule has 0 spiro atoms. The summed E-state index contributed by atoms with van der Waals surface area (Å²) in [4.78, 5) is 16.1. The third-order valence-electron chi connectivity index (χ3n) is 3.36. The van der Waals surface area contributed by atoms with Crippen molar-refractivity contribution in [3.63, 3.8) is 0 Å². The van der Waals surface area contributed by atoms with Crippen LogP contribution in [0.25, 0.3) is 16.9 Å². The van der Waals surface area contributed by atoms with Crippen molar-refractivity contribution < 1.29 is 9.21 Å². The zero-order valence-electron chi connectivity index (χ0n) is 10.6. The number of aromatic nitrogens is 3. The second kappa shape index (κ2) is 4.19. The van der Waals surface area contributed by atoms with Crippen molar-refractivity contribution in [2.24, 2.45) is 5.92 Å². The summed E-state index contributed by atoms with van der Waals surface area (Å²) in [7, 11) is 0. The molecule has 1 N–H and O–H groups in total. The Morgan fingerprint density at radius 1 is 1.35 bits per heavy atom. The molecule has 1 fully saturated rings. The normalized spacial score (nSPS) is 14.6. The van der Waals surface area contributed by atoms with Gasteiger partial charge in [-0.3, -0.25) is 10.1 Å². The lowest BCUT2D eigenvalue weighted by atomic mass is 10.2. The molecule has 3 aromatic heterocycles. The molecule has 1 aliphatic rings. The van der Waals surface area contributed by atoms with Crippen LogP contribution in [0, 0.1) is 5.92 Å². The van der Waals surface area contributed by atoms with E-state index in [4.69, 9.17) is 4.42 Å². The van der Waals surface area contributed by atoms with Crippen molar-refractivity contribution >= 4 is 17.5 Å². The van der Waals surface area contributed by atoms with Crippen molar-refractivity contribution in [2.75, 3.05) is 5.32 Å². The van der Waals surface area contributed by atoms with Crippen molar-refractivity contribution in [2.45, 2.75) is 12.8 Å². The second-order valence-electron chi connectivity index (χ2n) is 4.89. The summed E-state index contributed by atoms with van der Waals surface area (Å²) in [5.41, 5.74) is 2.48. The molecule has 3 heterocycles. The molecule has 1 amide bonds. The van der Waals surface area contributed by atoms with E-state index in [2.05, 4.69) is 15.4 Å². The summed E-state index contributed by atoms with van der Waals surface area (Å²) in [5, 5.41) is 7.11. The van der Waals surface area contributed by atoms with Gasteiger partial charge < -0.3 is 4.42 Å². The van der Waals surface area contributed by atoms with E-state index in [-0.39, 0.29) is 11.8 Å². The number of nitrogens with one attached hydrogen (secondary N) is 1. The first kappa shape index (κ1) is 11.2. The number of hydrogen-bond acceptors (Lipinski definition) is 4. The minimum absolute atomic E-state index is 0.00534. The molecule has 4 rings (SSSR count). The van der Waals surface area contributed by atoms with Crippen LogP contribution in [0.2, 0.25) is 0 Å². The van der Waals surface area contributed by atoms with Crippen LogP contribution in [0.15, 0.2) is 41.2 Å². The van der Waals surface area contributed by atoms with Crippen molar-refractivity contribution in [3.05, 3.63) is 36.8 Å². The van der Waals surface area contributed by atoms with E-state index in [1.165, 1.54) is 0 Å². The lowest BCUT2D eigenvalue weighted by molar-refractivity contribution is -0.117. The SMILES string of the molecule is O=C(Nc1nc2cccc(-c3ccoc3)n2n1)C1CC1. The van der Waals surface area contributed by atoms with E-state index in [1.54, 1.807) is 17.0 Å². The van der Waals surface area contributed by atoms with Crippen LogP contribution in [-0.4, -0.2) is 20.5 Å². The zero-order chi connectivity index (χ0) is 13.5. The average molecular weight is 268 g/mol. The van der Waals surface area contributed by atoms with Crippen LogP contribution >= 0.6 is 0 Å². The highest BCUT2D eigenvalue weighted by atomic mass is 16.3. The predicted molar refractivity (Wildman–Crippen MR) is 72.0 cm³/mol. The van der Waals surface area contributed by atoms with E-state index < -0.39 is 0 Å². The summed E-state index contributed by atoms with van der Waals surface area (Å²) < 4.78 is 6.80. The van der Waals surface area contributed by atoms with Gasteiger partial charge in [-0.25, -0.2) is 4.52 Å². The maximum absolute atomic E-state index is 11.7. The van der Waals surface area contributed by atoms with Gasteiger partial charge >= 0.3 is 0 Å². The molecule has 1 aliphatic carbocycles. The number of hydrogen-bond donors (Lipinski definition) is 1. The Hall–Kier alpha value is -2.63. The molecule has 0 saturated heterocycles. The molecule has 0 aromatic carbocycles. The fourth-order valence-electron chi connectivity index (χ4n) is 2.14. The number of amides is 1. The number of fused-ring (bicyclic) bond motifs is 1. The van der Waals surface area contributed by atoms with Crippen LogP contribution in [0.1, 0.15) is 12.8 Å². The molecule has 100 valence electrons. The smallest absolute Gasteiger partial charge is 0.249 e. The van der Waals surface area contributed by atoms with Crippen LogP contribution in [-0.2, 0) is 4.79 Å². The Kier molecular flexibility index (Phi) is 2.35. The predicted octanol–water partition coefficient (Wildman–Crippen LogP) is 2.34. The van der Waals surface area contributed by atoms with Gasteiger partial charge in [0.25, 0.3) is 0 Å². The fraction of sp³-hybridized carbons (Fsp3) is 0.214. The van der Waals surface area contributed by atoms with Crippen LogP contribution < -0.4 is 5.32 Å². The highest BCUT2D eigenvalue weighted by Crippen LogP contribution is 2.30. The first-order valence-corrected chi connectivity index (χ1v) is 6.50. The number of furan rings is 1. The Labute approximate surface area is 114 Å². The zero-order valence-corrected chi connectivity index (χ0v) is 10.6. The summed E-state index contributed by atoms with van der Waals surface area (Å²) in [6.07, 6.45) is 5.18. The minimum atomic E-state index is 0.00534. The number of carbonyl (C=O) groups is 1. The fourth-order valence-corrected chi connectivity index (χ4v) is 2.14. The molecule has 0 bridgehead atoms. The maximum Gasteiger partial charge on any atom is 0.249 e. The Morgan fingerprint density at radius 3 is 3.00 bits per heavy atom. The van der Waals surface area contributed by atoms with Crippen LogP contribution in [0.3, 0.4) is 0 Å².